The minimum Gasteiger partial charge on any atom is -0.352 e. The van der Waals surface area contributed by atoms with Gasteiger partial charge in [-0.3, -0.25) is 4.79 Å². The zero-order valence-corrected chi connectivity index (χ0v) is 12.1. The Balaban J connectivity index is 1.45. The first-order valence-corrected chi connectivity index (χ1v) is 8.15. The van der Waals surface area contributed by atoms with Gasteiger partial charge in [-0.05, 0) is 61.8 Å². The molecule has 3 nitrogen and oxygen atoms in total. The SMILES string of the molecule is CC(C)C1(C(=O)NC2C3C4CCC(C4)C23)CCNC1. The fraction of sp³-hybridized carbons (Fsp3) is 0.938. The van der Waals surface area contributed by atoms with Gasteiger partial charge in [-0.15, -0.1) is 0 Å². The third-order valence-corrected chi connectivity index (χ3v) is 6.78. The van der Waals surface area contributed by atoms with E-state index in [0.29, 0.717) is 17.9 Å². The molecule has 5 unspecified atom stereocenters. The molecule has 1 heterocycles. The second kappa shape index (κ2) is 3.97. The highest BCUT2D eigenvalue weighted by Gasteiger charge is 2.66. The molecule has 5 atom stereocenters. The van der Waals surface area contributed by atoms with E-state index in [2.05, 4.69) is 24.5 Å². The molecule has 4 rings (SSSR count). The predicted molar refractivity (Wildman–Crippen MR) is 74.5 cm³/mol. The number of carbonyl (C=O) groups excluding carboxylic acids is 1. The van der Waals surface area contributed by atoms with Crippen molar-refractivity contribution in [3.05, 3.63) is 0 Å². The first kappa shape index (κ1) is 12.2. The van der Waals surface area contributed by atoms with Gasteiger partial charge in [0, 0.05) is 12.6 Å². The summed E-state index contributed by atoms with van der Waals surface area (Å²) in [5, 5.41) is 6.83. The summed E-state index contributed by atoms with van der Waals surface area (Å²) in [7, 11) is 0. The standard InChI is InChI=1S/C16H26N2O/c1-9(2)16(5-6-17-8-16)15(19)18-14-12-10-3-4-11(7-10)13(12)14/h9-14,17H,3-8H2,1-2H3,(H,18,19). The third kappa shape index (κ3) is 1.57. The Morgan fingerprint density at radius 3 is 2.47 bits per heavy atom. The zero-order chi connectivity index (χ0) is 13.2. The van der Waals surface area contributed by atoms with Crippen molar-refractivity contribution in [2.45, 2.75) is 45.6 Å². The molecular formula is C16H26N2O. The van der Waals surface area contributed by atoms with Crippen molar-refractivity contribution in [2.75, 3.05) is 13.1 Å². The lowest BCUT2D eigenvalue weighted by Crippen LogP contribution is -2.47. The Bertz CT molecular complexity index is 384. The van der Waals surface area contributed by atoms with Crippen molar-refractivity contribution >= 4 is 5.91 Å². The highest BCUT2D eigenvalue weighted by Crippen LogP contribution is 2.65. The van der Waals surface area contributed by atoms with Gasteiger partial charge in [-0.1, -0.05) is 13.8 Å². The second-order valence-electron chi connectivity index (χ2n) is 7.72. The first-order chi connectivity index (χ1) is 9.13. The van der Waals surface area contributed by atoms with Crippen LogP contribution in [0.15, 0.2) is 0 Å². The van der Waals surface area contributed by atoms with Gasteiger partial charge in [-0.25, -0.2) is 0 Å². The van der Waals surface area contributed by atoms with Gasteiger partial charge >= 0.3 is 0 Å². The lowest BCUT2D eigenvalue weighted by Gasteiger charge is -2.31. The van der Waals surface area contributed by atoms with Gasteiger partial charge < -0.3 is 10.6 Å². The Kier molecular flexibility index (Phi) is 2.55. The predicted octanol–water partition coefficient (Wildman–Crippen LogP) is 1.78. The minimum atomic E-state index is -0.143. The molecule has 106 valence electrons. The van der Waals surface area contributed by atoms with Crippen LogP contribution in [-0.4, -0.2) is 25.0 Å². The van der Waals surface area contributed by atoms with Crippen LogP contribution in [0.5, 0.6) is 0 Å². The lowest BCUT2D eigenvalue weighted by atomic mass is 9.75. The highest BCUT2D eigenvalue weighted by molar-refractivity contribution is 5.84. The van der Waals surface area contributed by atoms with Crippen molar-refractivity contribution in [3.8, 4) is 0 Å². The number of hydrogen-bond donors (Lipinski definition) is 2. The van der Waals surface area contributed by atoms with Gasteiger partial charge in [0.05, 0.1) is 5.41 Å². The summed E-state index contributed by atoms with van der Waals surface area (Å²) < 4.78 is 0. The topological polar surface area (TPSA) is 41.1 Å². The molecule has 1 amide bonds. The molecule has 4 fully saturated rings. The molecule has 4 aliphatic rings. The second-order valence-corrected chi connectivity index (χ2v) is 7.72. The highest BCUT2D eigenvalue weighted by atomic mass is 16.2. The van der Waals surface area contributed by atoms with Crippen molar-refractivity contribution in [2.24, 2.45) is 35.0 Å². The van der Waals surface area contributed by atoms with Crippen LogP contribution in [0.4, 0.5) is 0 Å². The summed E-state index contributed by atoms with van der Waals surface area (Å²) in [6, 6.07) is 0.537. The van der Waals surface area contributed by atoms with E-state index < -0.39 is 0 Å². The van der Waals surface area contributed by atoms with E-state index in [1.165, 1.54) is 19.3 Å². The average molecular weight is 262 g/mol. The Morgan fingerprint density at radius 2 is 1.95 bits per heavy atom. The molecule has 2 bridgehead atoms. The molecule has 0 radical (unpaired) electrons. The molecule has 0 aromatic rings. The van der Waals surface area contributed by atoms with Crippen LogP contribution in [-0.2, 0) is 4.79 Å². The summed E-state index contributed by atoms with van der Waals surface area (Å²) >= 11 is 0. The van der Waals surface area contributed by atoms with E-state index in [-0.39, 0.29) is 5.41 Å². The van der Waals surface area contributed by atoms with Crippen molar-refractivity contribution in [3.63, 3.8) is 0 Å². The summed E-state index contributed by atoms with van der Waals surface area (Å²) in [4.78, 5) is 12.8. The van der Waals surface area contributed by atoms with Crippen molar-refractivity contribution < 1.29 is 4.79 Å². The number of carbonyl (C=O) groups is 1. The van der Waals surface area contributed by atoms with Crippen LogP contribution in [0.25, 0.3) is 0 Å². The molecule has 3 aliphatic carbocycles. The van der Waals surface area contributed by atoms with Gasteiger partial charge in [0.2, 0.25) is 5.91 Å². The molecular weight excluding hydrogens is 236 g/mol. The molecule has 0 spiro atoms. The maximum Gasteiger partial charge on any atom is 0.228 e. The largest absolute Gasteiger partial charge is 0.352 e. The maximum atomic E-state index is 12.8. The van der Waals surface area contributed by atoms with E-state index in [0.717, 1.165) is 43.2 Å². The monoisotopic (exact) mass is 262 g/mol. The summed E-state index contributed by atoms with van der Waals surface area (Å²) in [6.07, 6.45) is 5.31. The number of hydrogen-bond acceptors (Lipinski definition) is 2. The minimum absolute atomic E-state index is 0.143. The quantitative estimate of drug-likeness (QED) is 0.814. The van der Waals surface area contributed by atoms with Gasteiger partial charge in [0.15, 0.2) is 0 Å². The lowest BCUT2D eigenvalue weighted by molar-refractivity contribution is -0.132. The van der Waals surface area contributed by atoms with Crippen LogP contribution >= 0.6 is 0 Å². The van der Waals surface area contributed by atoms with Crippen LogP contribution in [0.3, 0.4) is 0 Å². The Hall–Kier alpha value is -0.570. The van der Waals surface area contributed by atoms with Gasteiger partial charge in [0.1, 0.15) is 0 Å². The first-order valence-electron chi connectivity index (χ1n) is 8.15. The normalized spacial score (nSPS) is 50.6. The fourth-order valence-corrected chi connectivity index (χ4v) is 5.47. The van der Waals surface area contributed by atoms with Crippen LogP contribution in [0.2, 0.25) is 0 Å². The molecule has 3 heteroatoms. The molecule has 1 saturated heterocycles. The van der Waals surface area contributed by atoms with Crippen LogP contribution < -0.4 is 10.6 Å². The molecule has 1 aliphatic heterocycles. The number of rotatable bonds is 3. The van der Waals surface area contributed by atoms with E-state index in [4.69, 9.17) is 0 Å². The van der Waals surface area contributed by atoms with E-state index in [1.807, 2.05) is 0 Å². The third-order valence-electron chi connectivity index (χ3n) is 6.78. The Morgan fingerprint density at radius 1 is 1.26 bits per heavy atom. The number of nitrogens with one attached hydrogen (secondary N) is 2. The summed E-state index contributed by atoms with van der Waals surface area (Å²) in [5.41, 5.74) is -0.143. The molecule has 2 N–H and O–H groups in total. The molecule has 0 aromatic heterocycles. The van der Waals surface area contributed by atoms with Crippen molar-refractivity contribution in [1.82, 2.24) is 10.6 Å². The van der Waals surface area contributed by atoms with Crippen LogP contribution in [0.1, 0.15) is 39.5 Å². The van der Waals surface area contributed by atoms with E-state index in [9.17, 15) is 4.79 Å². The summed E-state index contributed by atoms with van der Waals surface area (Å²) in [6.45, 7) is 6.26. The van der Waals surface area contributed by atoms with E-state index >= 15 is 0 Å². The van der Waals surface area contributed by atoms with E-state index in [1.54, 1.807) is 0 Å². The van der Waals surface area contributed by atoms with Gasteiger partial charge in [0.25, 0.3) is 0 Å². The Labute approximate surface area is 115 Å². The van der Waals surface area contributed by atoms with Crippen LogP contribution in [0, 0.1) is 35.0 Å². The summed E-state index contributed by atoms with van der Waals surface area (Å²) in [5.74, 6) is 4.35. The average Bonchev–Trinajstić information content (AvgIpc) is 2.87. The van der Waals surface area contributed by atoms with Gasteiger partial charge in [-0.2, -0.15) is 0 Å². The number of fused-ring (bicyclic) bond motifs is 5. The smallest absolute Gasteiger partial charge is 0.228 e. The fourth-order valence-electron chi connectivity index (χ4n) is 5.47. The molecule has 0 aromatic carbocycles. The maximum absolute atomic E-state index is 12.8. The zero-order valence-electron chi connectivity index (χ0n) is 12.1. The molecule has 3 saturated carbocycles. The molecule has 19 heavy (non-hydrogen) atoms. The van der Waals surface area contributed by atoms with Crippen molar-refractivity contribution in [1.29, 1.82) is 0 Å². The number of amides is 1.